The second-order valence-electron chi connectivity index (χ2n) is 17.7. The van der Waals surface area contributed by atoms with Crippen LogP contribution in [-0.4, -0.2) is 77.9 Å². The van der Waals surface area contributed by atoms with Crippen LogP contribution in [0.2, 0.25) is 0 Å². The predicted octanol–water partition coefficient (Wildman–Crippen LogP) is 5.08. The number of Topliss-reactive ketones (excluding diaryl/α,β-unsaturated/α-hetero) is 2. The molecule has 13 heteroatoms. The van der Waals surface area contributed by atoms with Gasteiger partial charge in [-0.05, 0) is 113 Å². The Morgan fingerprint density at radius 1 is 1.04 bits per heavy atom. The van der Waals surface area contributed by atoms with Gasteiger partial charge in [0.05, 0.1) is 18.0 Å². The van der Waals surface area contributed by atoms with E-state index in [1.807, 2.05) is 26.8 Å². The lowest BCUT2D eigenvalue weighted by Crippen LogP contribution is -2.65. The third-order valence-electron chi connectivity index (χ3n) is 13.6. The third-order valence-corrected chi connectivity index (χ3v) is 13.6. The lowest BCUT2D eigenvalue weighted by molar-refractivity contribution is -0.183. The number of ketones is 3. The number of aromatic nitrogens is 3. The monoisotopic (exact) mass is 747 g/mol. The molecule has 3 fully saturated rings. The fraction of sp³-hybridized carbons (Fsp3) is 0.585. The van der Waals surface area contributed by atoms with Gasteiger partial charge >= 0.3 is 11.9 Å². The van der Waals surface area contributed by atoms with E-state index in [9.17, 15) is 38.6 Å². The number of ether oxygens (including phenoxy) is 2. The minimum absolute atomic E-state index is 0.0423. The molecule has 3 saturated carbocycles. The Morgan fingerprint density at radius 3 is 2.31 bits per heavy atom. The van der Waals surface area contributed by atoms with Crippen LogP contribution in [0.4, 0.5) is 4.39 Å². The van der Waals surface area contributed by atoms with Gasteiger partial charge in [-0.3, -0.25) is 19.2 Å². The highest BCUT2D eigenvalue weighted by molar-refractivity contribution is 5.98. The molecule has 1 aromatic heterocycles. The predicted molar refractivity (Wildman–Crippen MR) is 192 cm³/mol. The van der Waals surface area contributed by atoms with Gasteiger partial charge < -0.3 is 19.7 Å². The molecule has 2 aromatic rings. The zero-order valence-corrected chi connectivity index (χ0v) is 32.3. The molecule has 6 rings (SSSR count). The van der Waals surface area contributed by atoms with E-state index >= 15 is 0 Å². The molecule has 2 N–H and O–H groups in total. The summed E-state index contributed by atoms with van der Waals surface area (Å²) in [6.07, 6.45) is 4.26. The van der Waals surface area contributed by atoms with E-state index in [1.165, 1.54) is 61.1 Å². The Labute approximate surface area is 314 Å². The summed E-state index contributed by atoms with van der Waals surface area (Å²) in [6.45, 7) is 15.2. The fourth-order valence-corrected chi connectivity index (χ4v) is 10.7. The molecule has 54 heavy (non-hydrogen) atoms. The van der Waals surface area contributed by atoms with Crippen molar-refractivity contribution >= 4 is 29.3 Å². The van der Waals surface area contributed by atoms with Gasteiger partial charge in [-0.1, -0.05) is 37.6 Å². The van der Waals surface area contributed by atoms with Gasteiger partial charge in [0, 0.05) is 30.1 Å². The van der Waals surface area contributed by atoms with E-state index in [0.717, 1.165) is 5.57 Å². The van der Waals surface area contributed by atoms with Gasteiger partial charge in [-0.25, -0.2) is 13.9 Å². The van der Waals surface area contributed by atoms with Crippen molar-refractivity contribution in [2.45, 2.75) is 111 Å². The number of aliphatic hydroxyl groups is 2. The molecule has 0 radical (unpaired) electrons. The van der Waals surface area contributed by atoms with E-state index in [0.29, 0.717) is 12.1 Å². The van der Waals surface area contributed by atoms with E-state index in [1.54, 1.807) is 27.7 Å². The van der Waals surface area contributed by atoms with Crippen molar-refractivity contribution in [3.63, 3.8) is 0 Å². The summed E-state index contributed by atoms with van der Waals surface area (Å²) in [5.74, 6) is -4.79. The lowest BCUT2D eigenvalue weighted by Gasteiger charge is -2.64. The summed E-state index contributed by atoms with van der Waals surface area (Å²) in [7, 11) is 0. The van der Waals surface area contributed by atoms with Crippen LogP contribution in [0.3, 0.4) is 0 Å². The number of benzene rings is 1. The molecule has 0 aliphatic heterocycles. The van der Waals surface area contributed by atoms with Gasteiger partial charge in [-0.15, -0.1) is 5.10 Å². The van der Waals surface area contributed by atoms with E-state index in [4.69, 9.17) is 9.47 Å². The molecule has 4 aliphatic rings. The average Bonchev–Trinajstić information content (AvgIpc) is 3.63. The molecule has 0 amide bonds. The Morgan fingerprint density at radius 2 is 1.69 bits per heavy atom. The van der Waals surface area contributed by atoms with Crippen molar-refractivity contribution in [2.24, 2.45) is 39.4 Å². The number of hydrogen-bond acceptors (Lipinski definition) is 11. The van der Waals surface area contributed by atoms with Crippen molar-refractivity contribution in [1.82, 2.24) is 15.0 Å². The Bertz CT molecular complexity index is 1980. The maximum absolute atomic E-state index is 14.8. The van der Waals surface area contributed by atoms with E-state index in [-0.39, 0.29) is 42.4 Å². The molecule has 1 aromatic carbocycles. The Kier molecular flexibility index (Phi) is 9.37. The number of nitrogens with zero attached hydrogens (tertiary/aromatic N) is 3. The quantitative estimate of drug-likeness (QED) is 0.209. The fourth-order valence-electron chi connectivity index (χ4n) is 10.7. The summed E-state index contributed by atoms with van der Waals surface area (Å²) >= 11 is 0. The van der Waals surface area contributed by atoms with Crippen LogP contribution in [-0.2, 0) is 28.7 Å². The standard InChI is InChI=1S/C41H50FN3O9/c1-22(46)54-36(2,3)17-16-31(48)41(9,52)33-28(47)19-38(6)30-15-14-25-26(40(30,8)32(49)20-39(33,38)7)18-29(34(50)37(25,4)5)53-35(51)27-21-45(44-43-27)24-12-10-23(42)11-13-24/h10-14,16-17,21,26,28-30,33,47,52H,15,18-20H2,1-9H3/b17-16+/t26-,28-,29+,30+,33+,38+,39-,40+,41+/m1/s1. The van der Waals surface area contributed by atoms with Crippen molar-refractivity contribution in [3.8, 4) is 5.69 Å². The molecule has 9 atom stereocenters. The van der Waals surface area contributed by atoms with Gasteiger partial charge in [0.25, 0.3) is 0 Å². The second-order valence-corrected chi connectivity index (χ2v) is 17.7. The number of hydrogen-bond donors (Lipinski definition) is 2. The van der Waals surface area contributed by atoms with Crippen LogP contribution in [0.5, 0.6) is 0 Å². The highest BCUT2D eigenvalue weighted by Crippen LogP contribution is 2.74. The molecule has 12 nitrogen and oxygen atoms in total. The van der Waals surface area contributed by atoms with Crippen LogP contribution < -0.4 is 0 Å². The molecule has 0 unspecified atom stereocenters. The minimum Gasteiger partial charge on any atom is -0.456 e. The van der Waals surface area contributed by atoms with Gasteiger partial charge in [0.15, 0.2) is 23.4 Å². The first-order chi connectivity index (χ1) is 24.9. The number of carbonyl (C=O) groups excluding carboxylic acids is 5. The summed E-state index contributed by atoms with van der Waals surface area (Å²) < 4.78 is 25.9. The molecule has 290 valence electrons. The largest absolute Gasteiger partial charge is 0.456 e. The number of aliphatic hydroxyl groups excluding tert-OH is 1. The third kappa shape index (κ3) is 5.98. The molecule has 1 heterocycles. The number of allylic oxidation sites excluding steroid dienone is 2. The highest BCUT2D eigenvalue weighted by Gasteiger charge is 2.74. The number of halogens is 1. The summed E-state index contributed by atoms with van der Waals surface area (Å²) in [4.78, 5) is 67.5. The summed E-state index contributed by atoms with van der Waals surface area (Å²) in [6, 6.07) is 5.45. The summed E-state index contributed by atoms with van der Waals surface area (Å²) in [5, 5.41) is 31.6. The first-order valence-corrected chi connectivity index (χ1v) is 18.4. The number of carbonyl (C=O) groups is 5. The first-order valence-electron chi connectivity index (χ1n) is 18.4. The van der Waals surface area contributed by atoms with Crippen LogP contribution in [0.25, 0.3) is 5.69 Å². The normalized spacial score (nSPS) is 34.3. The molecule has 0 bridgehead atoms. The SMILES string of the molecule is CC(=O)OC(C)(C)/C=C/C(=O)[C@](C)(O)[C@H]1[C@H](O)C[C@@]2(C)[C@@H]3CC=C4[C@@H](C[C@H](OC(=O)c5cn(-c6ccc(F)cc6)nn5)C(=O)C4(C)C)[C@]3(C)C(=O)C[C@]12C. The van der Waals surface area contributed by atoms with Crippen molar-refractivity contribution < 1.29 is 48.0 Å². The van der Waals surface area contributed by atoms with Crippen molar-refractivity contribution in [1.29, 1.82) is 0 Å². The molecular formula is C41H50FN3O9. The Hall–Kier alpha value is -4.36. The zero-order chi connectivity index (χ0) is 40.0. The maximum Gasteiger partial charge on any atom is 0.361 e. The molecule has 0 saturated heterocycles. The van der Waals surface area contributed by atoms with Gasteiger partial charge in [0.2, 0.25) is 0 Å². The maximum atomic E-state index is 14.8. The van der Waals surface area contributed by atoms with Crippen LogP contribution in [0, 0.1) is 45.2 Å². The molecular weight excluding hydrogens is 697 g/mol. The number of esters is 2. The van der Waals surface area contributed by atoms with Gasteiger partial charge in [-0.2, -0.15) is 0 Å². The molecule has 4 aliphatic carbocycles. The number of fused-ring (bicyclic) bond motifs is 5. The van der Waals surface area contributed by atoms with E-state index in [2.05, 4.69) is 10.3 Å². The van der Waals surface area contributed by atoms with Crippen LogP contribution in [0.1, 0.15) is 98.5 Å². The second kappa shape index (κ2) is 12.9. The first kappa shape index (κ1) is 39.3. The summed E-state index contributed by atoms with van der Waals surface area (Å²) in [5.41, 5.74) is -5.94. The minimum atomic E-state index is -2.07. The Balaban J connectivity index is 1.29. The van der Waals surface area contributed by atoms with E-state index < -0.39 is 80.4 Å². The highest BCUT2D eigenvalue weighted by atomic mass is 19.1. The van der Waals surface area contributed by atoms with Gasteiger partial charge in [0.1, 0.15) is 22.8 Å². The molecule has 0 spiro atoms. The lowest BCUT2D eigenvalue weighted by atomic mass is 9.38. The van der Waals surface area contributed by atoms with Crippen molar-refractivity contribution in [3.05, 3.63) is 65.8 Å². The number of rotatable bonds is 8. The average molecular weight is 748 g/mol. The topological polar surface area (TPSA) is 175 Å². The zero-order valence-electron chi connectivity index (χ0n) is 32.3. The van der Waals surface area contributed by atoms with Crippen LogP contribution in [0.15, 0.2) is 54.3 Å². The smallest absolute Gasteiger partial charge is 0.361 e. The van der Waals surface area contributed by atoms with Crippen molar-refractivity contribution in [2.75, 3.05) is 0 Å². The van der Waals surface area contributed by atoms with Crippen LogP contribution >= 0.6 is 0 Å².